The second kappa shape index (κ2) is 12.8. The van der Waals surface area contributed by atoms with Crippen LogP contribution in [0.25, 0.3) is 0 Å². The fourth-order valence-electron chi connectivity index (χ4n) is 3.39. The molecule has 3 N–H and O–H groups in total. The van der Waals surface area contributed by atoms with E-state index in [1.807, 2.05) is 68.4 Å². The molecule has 0 aromatic heterocycles. The van der Waals surface area contributed by atoms with Crippen molar-refractivity contribution in [3.8, 4) is 0 Å². The van der Waals surface area contributed by atoms with Crippen molar-refractivity contribution >= 4 is 18.1 Å². The number of nitrogens with one attached hydrogen (secondary N) is 3. The largest absolute Gasteiger partial charge is 0.445 e. The van der Waals surface area contributed by atoms with E-state index in [4.69, 9.17) is 9.47 Å². The maximum absolute atomic E-state index is 13.5. The number of carbonyl (C=O) groups excluding carboxylic acids is 3. The number of unbranched alkanes of at least 4 members (excludes halogenated alkanes) is 1. The topological polar surface area (TPSA) is 106 Å². The van der Waals surface area contributed by atoms with E-state index in [0.29, 0.717) is 6.42 Å². The molecule has 0 heterocycles. The van der Waals surface area contributed by atoms with E-state index < -0.39 is 29.4 Å². The first-order chi connectivity index (χ1) is 16.5. The molecule has 0 saturated heterocycles. The normalized spacial score (nSPS) is 12.7. The van der Waals surface area contributed by atoms with E-state index in [-0.39, 0.29) is 19.6 Å². The molecule has 3 amide bonds. The first-order valence-electron chi connectivity index (χ1n) is 11.9. The third-order valence-electron chi connectivity index (χ3n) is 5.07. The molecule has 0 aliphatic rings. The minimum atomic E-state index is -1.75. The van der Waals surface area contributed by atoms with Crippen LogP contribution < -0.4 is 16.0 Å². The van der Waals surface area contributed by atoms with Gasteiger partial charge in [-0.05, 0) is 51.7 Å². The lowest BCUT2D eigenvalue weighted by Crippen LogP contribution is -2.68. The highest BCUT2D eigenvalue weighted by Gasteiger charge is 2.42. The molecule has 8 nitrogen and oxygen atoms in total. The molecule has 2 rings (SSSR count). The Kier molecular flexibility index (Phi) is 10.1. The maximum atomic E-state index is 13.5. The van der Waals surface area contributed by atoms with Crippen LogP contribution in [-0.4, -0.2) is 29.4 Å². The van der Waals surface area contributed by atoms with Crippen molar-refractivity contribution in [1.82, 2.24) is 16.0 Å². The first-order valence-corrected chi connectivity index (χ1v) is 11.9. The van der Waals surface area contributed by atoms with Crippen LogP contribution in [0.5, 0.6) is 0 Å². The fourth-order valence-corrected chi connectivity index (χ4v) is 3.39. The Morgan fingerprint density at radius 3 is 2.17 bits per heavy atom. The Morgan fingerprint density at radius 1 is 0.886 bits per heavy atom. The number of carbonyl (C=O) groups is 3. The van der Waals surface area contributed by atoms with E-state index >= 15 is 0 Å². The van der Waals surface area contributed by atoms with Crippen LogP contribution in [0.4, 0.5) is 9.59 Å². The van der Waals surface area contributed by atoms with Gasteiger partial charge in [-0.15, -0.1) is 0 Å². The molecule has 0 radical (unpaired) electrons. The van der Waals surface area contributed by atoms with E-state index in [0.717, 1.165) is 23.1 Å². The molecule has 1 unspecified atom stereocenters. The van der Waals surface area contributed by atoms with Crippen LogP contribution in [0.3, 0.4) is 0 Å². The molecule has 0 aliphatic heterocycles. The molecular formula is C27H37N3O5. The van der Waals surface area contributed by atoms with Gasteiger partial charge in [0.2, 0.25) is 0 Å². The van der Waals surface area contributed by atoms with Crippen LogP contribution in [0.1, 0.15) is 63.6 Å². The lowest BCUT2D eigenvalue weighted by Gasteiger charge is -2.34. The summed E-state index contributed by atoms with van der Waals surface area (Å²) in [5, 5.41) is 8.07. The van der Waals surface area contributed by atoms with Crippen molar-refractivity contribution < 1.29 is 23.9 Å². The third-order valence-corrected chi connectivity index (χ3v) is 5.07. The molecule has 8 heteroatoms. The Balaban J connectivity index is 2.24. The summed E-state index contributed by atoms with van der Waals surface area (Å²) in [5.74, 6) is -0.560. The van der Waals surface area contributed by atoms with Crippen LogP contribution in [0, 0.1) is 6.92 Å². The highest BCUT2D eigenvalue weighted by atomic mass is 16.6. The molecule has 0 bridgehead atoms. The summed E-state index contributed by atoms with van der Waals surface area (Å²) in [6, 6.07) is 16.9. The number of alkyl carbamates (subject to hydrolysis) is 2. The third kappa shape index (κ3) is 9.68. The average Bonchev–Trinajstić information content (AvgIpc) is 2.79. The number of hydrogen-bond acceptors (Lipinski definition) is 5. The monoisotopic (exact) mass is 483 g/mol. The summed E-state index contributed by atoms with van der Waals surface area (Å²) >= 11 is 0. The summed E-state index contributed by atoms with van der Waals surface area (Å²) in [4.78, 5) is 39.0. The van der Waals surface area contributed by atoms with Crippen LogP contribution in [-0.2, 0) is 27.4 Å². The van der Waals surface area contributed by atoms with Gasteiger partial charge in [0.25, 0.3) is 5.91 Å². The quantitative estimate of drug-likeness (QED) is 0.415. The number of benzene rings is 2. The van der Waals surface area contributed by atoms with Crippen LogP contribution >= 0.6 is 0 Å². The second-order valence-electron chi connectivity index (χ2n) is 9.49. The minimum Gasteiger partial charge on any atom is -0.445 e. The zero-order valence-electron chi connectivity index (χ0n) is 21.3. The van der Waals surface area contributed by atoms with Crippen molar-refractivity contribution in [2.75, 3.05) is 0 Å². The zero-order valence-corrected chi connectivity index (χ0v) is 21.3. The van der Waals surface area contributed by atoms with Gasteiger partial charge >= 0.3 is 12.2 Å². The molecule has 0 aliphatic carbocycles. The summed E-state index contributed by atoms with van der Waals surface area (Å²) < 4.78 is 10.7. The number of amides is 3. The van der Waals surface area contributed by atoms with Gasteiger partial charge in [-0.25, -0.2) is 9.59 Å². The molecule has 35 heavy (non-hydrogen) atoms. The van der Waals surface area contributed by atoms with E-state index in [1.165, 1.54) is 0 Å². The molecule has 1 atom stereocenters. The minimum absolute atomic E-state index is 0.0217. The number of rotatable bonds is 10. The smallest absolute Gasteiger partial charge is 0.409 e. The van der Waals surface area contributed by atoms with Gasteiger partial charge < -0.3 is 14.8 Å². The molecule has 190 valence electrons. The molecule has 2 aromatic carbocycles. The van der Waals surface area contributed by atoms with Gasteiger partial charge in [0.15, 0.2) is 5.66 Å². The number of hydrogen-bond donors (Lipinski definition) is 3. The average molecular weight is 484 g/mol. The Labute approximate surface area is 207 Å². The van der Waals surface area contributed by atoms with Gasteiger partial charge in [-0.3, -0.25) is 15.4 Å². The van der Waals surface area contributed by atoms with Gasteiger partial charge in [-0.2, -0.15) is 0 Å². The van der Waals surface area contributed by atoms with Gasteiger partial charge in [-0.1, -0.05) is 73.5 Å². The summed E-state index contributed by atoms with van der Waals surface area (Å²) in [7, 11) is 0. The standard InChI is InChI=1S/C27H37N3O5/c1-6-7-16-27(30-25(33)35-26(3,4)5,23(31)28-18-22-15-11-12-20(2)17-22)29-24(32)34-19-21-13-9-8-10-14-21/h8-15,17H,6-7,16,18-19H2,1-5H3,(H,28,31)(H,29,32)(H,30,33). The van der Waals surface area contributed by atoms with Crippen molar-refractivity contribution in [3.05, 3.63) is 71.3 Å². The highest BCUT2D eigenvalue weighted by molar-refractivity contribution is 5.92. The lowest BCUT2D eigenvalue weighted by atomic mass is 10.0. The van der Waals surface area contributed by atoms with E-state index in [9.17, 15) is 14.4 Å². The Morgan fingerprint density at radius 2 is 1.54 bits per heavy atom. The highest BCUT2D eigenvalue weighted by Crippen LogP contribution is 2.16. The van der Waals surface area contributed by atoms with E-state index in [1.54, 1.807) is 20.8 Å². The lowest BCUT2D eigenvalue weighted by molar-refractivity contribution is -0.129. The van der Waals surface area contributed by atoms with E-state index in [2.05, 4.69) is 16.0 Å². The fraction of sp³-hybridized carbons (Fsp3) is 0.444. The van der Waals surface area contributed by atoms with Gasteiger partial charge in [0.1, 0.15) is 12.2 Å². The van der Waals surface area contributed by atoms with Crippen molar-refractivity contribution in [1.29, 1.82) is 0 Å². The summed E-state index contributed by atoms with van der Waals surface area (Å²) in [5.41, 5.74) is 0.212. The Hall–Kier alpha value is -3.55. The van der Waals surface area contributed by atoms with Gasteiger partial charge in [0.05, 0.1) is 0 Å². The Bertz CT molecular complexity index is 988. The van der Waals surface area contributed by atoms with Crippen molar-refractivity contribution in [3.63, 3.8) is 0 Å². The molecule has 0 spiro atoms. The second-order valence-corrected chi connectivity index (χ2v) is 9.49. The predicted octanol–water partition coefficient (Wildman–Crippen LogP) is 4.95. The first kappa shape index (κ1) is 27.7. The van der Waals surface area contributed by atoms with Crippen molar-refractivity contribution in [2.45, 2.75) is 78.3 Å². The number of ether oxygens (including phenoxy) is 2. The zero-order chi connectivity index (χ0) is 25.9. The molecule has 2 aromatic rings. The molecule has 0 saturated carbocycles. The number of aryl methyl sites for hydroxylation is 1. The summed E-state index contributed by atoms with van der Waals surface area (Å²) in [6.45, 7) is 9.33. The maximum Gasteiger partial charge on any atom is 0.409 e. The van der Waals surface area contributed by atoms with Crippen molar-refractivity contribution in [2.24, 2.45) is 0 Å². The predicted molar refractivity (Wildman–Crippen MR) is 134 cm³/mol. The van der Waals surface area contributed by atoms with Crippen LogP contribution in [0.2, 0.25) is 0 Å². The summed E-state index contributed by atoms with van der Waals surface area (Å²) in [6.07, 6.45) is -0.187. The van der Waals surface area contributed by atoms with Gasteiger partial charge in [0, 0.05) is 6.54 Å². The SMILES string of the molecule is CCCCC(NC(=O)OCc1ccccc1)(NC(=O)OC(C)(C)C)C(=O)NCc1cccc(C)c1. The van der Waals surface area contributed by atoms with Crippen LogP contribution in [0.15, 0.2) is 54.6 Å². The molecular weight excluding hydrogens is 446 g/mol. The molecule has 0 fully saturated rings.